The molecule has 1 fully saturated rings. The summed E-state index contributed by atoms with van der Waals surface area (Å²) in [6.45, 7) is 9.67. The first-order valence-electron chi connectivity index (χ1n) is 8.40. The van der Waals surface area contributed by atoms with Gasteiger partial charge in [-0.15, -0.1) is 12.4 Å². The second-order valence-electron chi connectivity index (χ2n) is 7.31. The van der Waals surface area contributed by atoms with E-state index in [1.165, 1.54) is 5.56 Å². The molecule has 1 aliphatic rings. The number of halogens is 1. The average Bonchev–Trinajstić information content (AvgIpc) is 3.02. The van der Waals surface area contributed by atoms with E-state index in [0.717, 1.165) is 25.4 Å². The summed E-state index contributed by atoms with van der Waals surface area (Å²) < 4.78 is 11.1. The van der Waals surface area contributed by atoms with Crippen LogP contribution in [0.15, 0.2) is 28.8 Å². The summed E-state index contributed by atoms with van der Waals surface area (Å²) in [5, 5.41) is 7.45. The number of likely N-dealkylation sites (N-methyl/N-ethyl adjacent to an activating group) is 1. The van der Waals surface area contributed by atoms with Crippen molar-refractivity contribution in [1.82, 2.24) is 20.4 Å². The Hall–Kier alpha value is -1.63. The number of rotatable bonds is 4. The summed E-state index contributed by atoms with van der Waals surface area (Å²) >= 11 is 0. The molecule has 0 radical (unpaired) electrons. The Morgan fingerprint density at radius 2 is 2.00 bits per heavy atom. The van der Waals surface area contributed by atoms with Crippen LogP contribution in [0.25, 0.3) is 0 Å². The van der Waals surface area contributed by atoms with Gasteiger partial charge < -0.3 is 14.6 Å². The molecule has 0 aliphatic carbocycles. The van der Waals surface area contributed by atoms with E-state index >= 15 is 0 Å². The number of piperazine rings is 1. The Morgan fingerprint density at radius 3 is 2.64 bits per heavy atom. The van der Waals surface area contributed by atoms with Gasteiger partial charge in [-0.05, 0) is 30.2 Å². The van der Waals surface area contributed by atoms with Gasteiger partial charge in [0, 0.05) is 19.6 Å². The van der Waals surface area contributed by atoms with Crippen molar-refractivity contribution >= 4 is 12.4 Å². The van der Waals surface area contributed by atoms with Gasteiger partial charge in [0.2, 0.25) is 0 Å². The number of nitrogens with one attached hydrogen (secondary N) is 1. The van der Waals surface area contributed by atoms with Gasteiger partial charge in [0.15, 0.2) is 12.4 Å². The highest BCUT2D eigenvalue weighted by molar-refractivity contribution is 5.85. The molecule has 25 heavy (non-hydrogen) atoms. The van der Waals surface area contributed by atoms with Crippen LogP contribution in [0, 0.1) is 0 Å². The van der Waals surface area contributed by atoms with Crippen LogP contribution >= 0.6 is 12.4 Å². The Kier molecular flexibility index (Phi) is 6.43. The minimum atomic E-state index is 0. The lowest BCUT2D eigenvalue weighted by Gasteiger charge is -2.30. The van der Waals surface area contributed by atoms with Crippen molar-refractivity contribution in [2.24, 2.45) is 0 Å². The van der Waals surface area contributed by atoms with Gasteiger partial charge in [-0.2, -0.15) is 4.98 Å². The normalized spacial score (nSPS) is 18.6. The zero-order valence-corrected chi connectivity index (χ0v) is 16.1. The van der Waals surface area contributed by atoms with Gasteiger partial charge in [-0.25, -0.2) is 0 Å². The molecular formula is C18H27ClN4O2. The highest BCUT2D eigenvalue weighted by Gasteiger charge is 2.25. The number of hydrogen-bond donors (Lipinski definition) is 1. The minimum absolute atomic E-state index is 0. The lowest BCUT2D eigenvalue weighted by molar-refractivity contribution is 0.189. The topological polar surface area (TPSA) is 63.4 Å². The molecule has 0 amide bonds. The maximum absolute atomic E-state index is 5.76. The molecule has 6 nitrogen and oxygen atoms in total. The van der Waals surface area contributed by atoms with E-state index in [-0.39, 0.29) is 30.5 Å². The summed E-state index contributed by atoms with van der Waals surface area (Å²) in [7, 11) is 2.08. The van der Waals surface area contributed by atoms with E-state index in [1.807, 2.05) is 12.1 Å². The van der Waals surface area contributed by atoms with E-state index in [9.17, 15) is 0 Å². The minimum Gasteiger partial charge on any atom is -0.484 e. The van der Waals surface area contributed by atoms with Crippen LogP contribution in [0.5, 0.6) is 5.75 Å². The average molecular weight is 367 g/mol. The molecule has 1 aromatic heterocycles. The lowest BCUT2D eigenvalue weighted by Crippen LogP contribution is -2.44. The van der Waals surface area contributed by atoms with Gasteiger partial charge in [0.1, 0.15) is 5.75 Å². The molecule has 2 heterocycles. The number of benzene rings is 1. The van der Waals surface area contributed by atoms with E-state index in [4.69, 9.17) is 9.26 Å². The van der Waals surface area contributed by atoms with Crippen LogP contribution in [0.2, 0.25) is 0 Å². The molecule has 1 aromatic carbocycles. The van der Waals surface area contributed by atoms with Crippen molar-refractivity contribution in [2.75, 3.05) is 26.7 Å². The second kappa shape index (κ2) is 8.17. The molecule has 1 aliphatic heterocycles. The molecule has 1 saturated heterocycles. The van der Waals surface area contributed by atoms with Gasteiger partial charge in [0.05, 0.1) is 6.04 Å². The van der Waals surface area contributed by atoms with Crippen molar-refractivity contribution in [1.29, 1.82) is 0 Å². The highest BCUT2D eigenvalue weighted by atomic mass is 35.5. The fourth-order valence-electron chi connectivity index (χ4n) is 2.75. The third-order valence-electron chi connectivity index (χ3n) is 4.38. The van der Waals surface area contributed by atoms with Crippen LogP contribution < -0.4 is 10.1 Å². The molecule has 138 valence electrons. The van der Waals surface area contributed by atoms with Crippen molar-refractivity contribution in [3.8, 4) is 5.75 Å². The monoisotopic (exact) mass is 366 g/mol. The van der Waals surface area contributed by atoms with Crippen LogP contribution in [-0.4, -0.2) is 41.7 Å². The smallest absolute Gasteiger partial charge is 0.264 e. The van der Waals surface area contributed by atoms with Crippen LogP contribution in [0.4, 0.5) is 0 Å². The Morgan fingerprint density at radius 1 is 1.28 bits per heavy atom. The Bertz CT molecular complexity index is 666. The predicted molar refractivity (Wildman–Crippen MR) is 99.3 cm³/mol. The molecule has 0 saturated carbocycles. The van der Waals surface area contributed by atoms with Crippen molar-refractivity contribution in [3.63, 3.8) is 0 Å². The molecule has 1 atom stereocenters. The molecule has 1 unspecified atom stereocenters. The number of nitrogens with zero attached hydrogens (tertiary/aromatic N) is 3. The molecule has 2 aromatic rings. The summed E-state index contributed by atoms with van der Waals surface area (Å²) in [4.78, 5) is 6.71. The number of ether oxygens (including phenoxy) is 1. The zero-order valence-electron chi connectivity index (χ0n) is 15.3. The fourth-order valence-corrected chi connectivity index (χ4v) is 2.75. The zero-order chi connectivity index (χ0) is 17.2. The largest absolute Gasteiger partial charge is 0.484 e. The first-order valence-corrected chi connectivity index (χ1v) is 8.40. The quantitative estimate of drug-likeness (QED) is 0.897. The van der Waals surface area contributed by atoms with Gasteiger partial charge >= 0.3 is 0 Å². The Labute approximate surface area is 155 Å². The summed E-state index contributed by atoms with van der Waals surface area (Å²) in [5.41, 5.74) is 1.42. The standard InChI is InChI=1S/C18H26N4O2.ClH/c1-18(2,3)13-5-7-14(8-6-13)23-12-16-20-17(21-24-16)15-11-19-9-10-22(15)4;/h5-8,15,19H,9-12H2,1-4H3;1H. The number of hydrogen-bond acceptors (Lipinski definition) is 6. The van der Waals surface area contributed by atoms with E-state index in [0.29, 0.717) is 11.7 Å². The first kappa shape index (κ1) is 19.7. The third kappa shape index (κ3) is 4.93. The molecular weight excluding hydrogens is 340 g/mol. The maximum Gasteiger partial charge on any atom is 0.264 e. The SMILES string of the molecule is CN1CCNCC1c1noc(COc2ccc(C(C)(C)C)cc2)n1.Cl. The van der Waals surface area contributed by atoms with Gasteiger partial charge in [0.25, 0.3) is 5.89 Å². The lowest BCUT2D eigenvalue weighted by atomic mass is 9.87. The number of aromatic nitrogens is 2. The molecule has 1 N–H and O–H groups in total. The van der Waals surface area contributed by atoms with Crippen molar-refractivity contribution in [3.05, 3.63) is 41.5 Å². The fraction of sp³-hybridized carbons (Fsp3) is 0.556. The van der Waals surface area contributed by atoms with Crippen molar-refractivity contribution in [2.45, 2.75) is 38.8 Å². The maximum atomic E-state index is 5.76. The third-order valence-corrected chi connectivity index (χ3v) is 4.38. The predicted octanol–water partition coefficient (Wildman–Crippen LogP) is 2.94. The van der Waals surface area contributed by atoms with Crippen LogP contribution in [0.3, 0.4) is 0 Å². The van der Waals surface area contributed by atoms with Gasteiger partial charge in [-0.1, -0.05) is 38.1 Å². The summed E-state index contributed by atoms with van der Waals surface area (Å²) in [5.74, 6) is 2.02. The highest BCUT2D eigenvalue weighted by Crippen LogP contribution is 2.24. The first-order chi connectivity index (χ1) is 11.4. The summed E-state index contributed by atoms with van der Waals surface area (Å²) in [6, 6.07) is 8.31. The Balaban J connectivity index is 0.00000225. The van der Waals surface area contributed by atoms with Gasteiger partial charge in [-0.3, -0.25) is 4.90 Å². The second-order valence-corrected chi connectivity index (χ2v) is 7.31. The molecule has 0 spiro atoms. The van der Waals surface area contributed by atoms with Crippen molar-refractivity contribution < 1.29 is 9.26 Å². The van der Waals surface area contributed by atoms with E-state index in [2.05, 4.69) is 60.3 Å². The van der Waals surface area contributed by atoms with Crippen LogP contribution in [-0.2, 0) is 12.0 Å². The molecule has 0 bridgehead atoms. The van der Waals surface area contributed by atoms with E-state index in [1.54, 1.807) is 0 Å². The molecule has 7 heteroatoms. The van der Waals surface area contributed by atoms with Crippen LogP contribution in [0.1, 0.15) is 44.1 Å². The molecule has 3 rings (SSSR count). The van der Waals surface area contributed by atoms with E-state index < -0.39 is 0 Å². The summed E-state index contributed by atoms with van der Waals surface area (Å²) in [6.07, 6.45) is 0.